The van der Waals surface area contributed by atoms with Crippen molar-refractivity contribution in [1.82, 2.24) is 4.90 Å². The predicted molar refractivity (Wildman–Crippen MR) is 112 cm³/mol. The molecule has 1 saturated carbocycles. The highest BCUT2D eigenvalue weighted by atomic mass is 16.7. The van der Waals surface area contributed by atoms with Crippen LogP contribution in [0.5, 0.6) is 0 Å². The molecule has 0 bridgehead atoms. The zero-order chi connectivity index (χ0) is 19.9. The minimum atomic E-state index is -0.281. The van der Waals surface area contributed by atoms with Crippen molar-refractivity contribution in [2.24, 2.45) is 17.3 Å². The topological polar surface area (TPSA) is 30.9 Å². The van der Waals surface area contributed by atoms with E-state index >= 15 is 0 Å². The fraction of sp³-hybridized carbons (Fsp3) is 1.00. The first-order valence-electron chi connectivity index (χ1n) is 11.3. The monoisotopic (exact) mass is 383 g/mol. The molecule has 2 fully saturated rings. The van der Waals surface area contributed by atoms with Crippen LogP contribution in [-0.4, -0.2) is 56.7 Å². The van der Waals surface area contributed by atoms with E-state index in [1.54, 1.807) is 7.11 Å². The van der Waals surface area contributed by atoms with Crippen LogP contribution in [0.25, 0.3) is 0 Å². The Hall–Kier alpha value is -0.160. The first kappa shape index (κ1) is 23.1. The Balaban J connectivity index is 1.77. The van der Waals surface area contributed by atoms with E-state index in [1.807, 2.05) is 0 Å². The third-order valence-electron chi connectivity index (χ3n) is 6.62. The van der Waals surface area contributed by atoms with Crippen molar-refractivity contribution in [3.8, 4) is 0 Å². The number of hydrogen-bond acceptors (Lipinski definition) is 4. The highest BCUT2D eigenvalue weighted by molar-refractivity contribution is 4.90. The molecular formula is C23H45NO3. The summed E-state index contributed by atoms with van der Waals surface area (Å²) in [6, 6.07) is 0. The van der Waals surface area contributed by atoms with Crippen LogP contribution in [-0.2, 0) is 14.2 Å². The van der Waals surface area contributed by atoms with Crippen LogP contribution in [0.2, 0.25) is 0 Å². The van der Waals surface area contributed by atoms with Crippen molar-refractivity contribution < 1.29 is 14.2 Å². The summed E-state index contributed by atoms with van der Waals surface area (Å²) < 4.78 is 18.0. The van der Waals surface area contributed by atoms with Crippen LogP contribution in [0.4, 0.5) is 0 Å². The summed E-state index contributed by atoms with van der Waals surface area (Å²) >= 11 is 0. The lowest BCUT2D eigenvalue weighted by Gasteiger charge is -2.43. The molecule has 4 heteroatoms. The molecule has 1 spiro atoms. The molecule has 1 atom stereocenters. The zero-order valence-corrected chi connectivity index (χ0v) is 18.9. The van der Waals surface area contributed by atoms with E-state index in [9.17, 15) is 0 Å². The van der Waals surface area contributed by atoms with Gasteiger partial charge in [-0.2, -0.15) is 0 Å². The third kappa shape index (κ3) is 6.99. The summed E-state index contributed by atoms with van der Waals surface area (Å²) in [4.78, 5) is 2.49. The van der Waals surface area contributed by atoms with Crippen LogP contribution >= 0.6 is 0 Å². The van der Waals surface area contributed by atoms with Gasteiger partial charge >= 0.3 is 0 Å². The van der Waals surface area contributed by atoms with Gasteiger partial charge in [-0.25, -0.2) is 0 Å². The number of hydrogen-bond donors (Lipinski definition) is 0. The van der Waals surface area contributed by atoms with Gasteiger partial charge in [0.2, 0.25) is 0 Å². The lowest BCUT2D eigenvalue weighted by Crippen LogP contribution is -2.40. The van der Waals surface area contributed by atoms with Crippen molar-refractivity contribution in [1.29, 1.82) is 0 Å². The largest absolute Gasteiger partial charge is 0.383 e. The molecule has 2 rings (SSSR count). The SMILES string of the molecule is CCCN(CCOC)CCC1COC2(CCC(C(C)(C)CC(C)C)CC2)O1. The minimum absolute atomic E-state index is 0.257. The molecule has 0 amide bonds. The maximum Gasteiger partial charge on any atom is 0.168 e. The molecule has 0 N–H and O–H groups in total. The quantitative estimate of drug-likeness (QED) is 0.496. The van der Waals surface area contributed by atoms with E-state index < -0.39 is 0 Å². The van der Waals surface area contributed by atoms with Crippen LogP contribution in [0.1, 0.15) is 79.6 Å². The van der Waals surface area contributed by atoms with Crippen molar-refractivity contribution in [2.45, 2.75) is 91.5 Å². The lowest BCUT2D eigenvalue weighted by atomic mass is 9.66. The lowest BCUT2D eigenvalue weighted by molar-refractivity contribution is -0.198. The van der Waals surface area contributed by atoms with Crippen LogP contribution in [0.15, 0.2) is 0 Å². The Morgan fingerprint density at radius 1 is 1.15 bits per heavy atom. The zero-order valence-electron chi connectivity index (χ0n) is 18.9. The van der Waals surface area contributed by atoms with E-state index in [4.69, 9.17) is 14.2 Å². The molecule has 0 aromatic rings. The number of ether oxygens (including phenoxy) is 3. The van der Waals surface area contributed by atoms with E-state index in [0.717, 1.165) is 63.9 Å². The highest BCUT2D eigenvalue weighted by Crippen LogP contribution is 2.48. The highest BCUT2D eigenvalue weighted by Gasteiger charge is 2.46. The van der Waals surface area contributed by atoms with Crippen LogP contribution < -0.4 is 0 Å². The first-order valence-corrected chi connectivity index (χ1v) is 11.3. The van der Waals surface area contributed by atoms with Crippen LogP contribution in [0.3, 0.4) is 0 Å². The van der Waals surface area contributed by atoms with Gasteiger partial charge in [-0.1, -0.05) is 34.6 Å². The molecule has 1 heterocycles. The fourth-order valence-corrected chi connectivity index (χ4v) is 5.28. The van der Waals surface area contributed by atoms with Gasteiger partial charge < -0.3 is 19.1 Å². The molecular weight excluding hydrogens is 338 g/mol. The second kappa shape index (κ2) is 10.6. The summed E-state index contributed by atoms with van der Waals surface area (Å²) in [6.07, 6.45) is 8.42. The summed E-state index contributed by atoms with van der Waals surface area (Å²) in [7, 11) is 1.78. The van der Waals surface area contributed by atoms with E-state index in [-0.39, 0.29) is 11.9 Å². The maximum atomic E-state index is 6.48. The second-order valence-electron chi connectivity index (χ2n) is 9.95. The average Bonchev–Trinajstić information content (AvgIpc) is 2.99. The second-order valence-corrected chi connectivity index (χ2v) is 9.95. The van der Waals surface area contributed by atoms with Crippen molar-refractivity contribution >= 4 is 0 Å². The van der Waals surface area contributed by atoms with E-state index in [2.05, 4.69) is 39.5 Å². The molecule has 2 aliphatic rings. The molecule has 1 aliphatic carbocycles. The molecule has 0 aromatic carbocycles. The normalized spacial score (nSPS) is 29.3. The van der Waals surface area contributed by atoms with Crippen molar-refractivity contribution in [3.63, 3.8) is 0 Å². The van der Waals surface area contributed by atoms with Gasteiger partial charge in [0.05, 0.1) is 19.3 Å². The first-order chi connectivity index (χ1) is 12.8. The van der Waals surface area contributed by atoms with Crippen molar-refractivity contribution in [3.05, 3.63) is 0 Å². The Bertz CT molecular complexity index is 416. The Morgan fingerprint density at radius 3 is 2.44 bits per heavy atom. The number of nitrogens with zero attached hydrogens (tertiary/aromatic N) is 1. The average molecular weight is 384 g/mol. The fourth-order valence-electron chi connectivity index (χ4n) is 5.28. The smallest absolute Gasteiger partial charge is 0.168 e. The van der Waals surface area contributed by atoms with Gasteiger partial charge in [0.1, 0.15) is 0 Å². The molecule has 0 aromatic heterocycles. The van der Waals surface area contributed by atoms with E-state index in [1.165, 1.54) is 25.7 Å². The van der Waals surface area contributed by atoms with Gasteiger partial charge in [-0.05, 0) is 55.9 Å². The molecule has 1 aliphatic heterocycles. The van der Waals surface area contributed by atoms with Gasteiger partial charge in [-0.15, -0.1) is 0 Å². The summed E-state index contributed by atoms with van der Waals surface area (Å²) in [5.74, 6) is 1.28. The van der Waals surface area contributed by atoms with E-state index in [0.29, 0.717) is 5.41 Å². The molecule has 0 radical (unpaired) electrons. The molecule has 27 heavy (non-hydrogen) atoms. The predicted octanol–water partition coefficient (Wildman–Crippen LogP) is 5.11. The molecule has 1 saturated heterocycles. The van der Waals surface area contributed by atoms with Gasteiger partial charge in [0.15, 0.2) is 5.79 Å². The van der Waals surface area contributed by atoms with Gasteiger partial charge in [0, 0.05) is 33.0 Å². The van der Waals surface area contributed by atoms with Gasteiger partial charge in [-0.3, -0.25) is 0 Å². The van der Waals surface area contributed by atoms with Gasteiger partial charge in [0.25, 0.3) is 0 Å². The Morgan fingerprint density at radius 2 is 1.85 bits per heavy atom. The summed E-state index contributed by atoms with van der Waals surface area (Å²) in [6.45, 7) is 16.6. The number of methoxy groups -OCH3 is 1. The Labute approximate surface area is 168 Å². The third-order valence-corrected chi connectivity index (χ3v) is 6.62. The Kier molecular flexibility index (Phi) is 9.05. The minimum Gasteiger partial charge on any atom is -0.383 e. The van der Waals surface area contributed by atoms with Crippen molar-refractivity contribution in [2.75, 3.05) is 40.0 Å². The summed E-state index contributed by atoms with van der Waals surface area (Å²) in [5, 5.41) is 0. The van der Waals surface area contributed by atoms with Crippen LogP contribution in [0, 0.1) is 17.3 Å². The maximum absolute atomic E-state index is 6.48. The standard InChI is InChI=1S/C23H45NO3/c1-7-13-24(15-16-25-6)14-10-21-18-26-23(27-21)11-8-20(9-12-23)22(4,5)17-19(2)3/h19-21H,7-18H2,1-6H3. The molecule has 1 unspecified atom stereocenters. The summed E-state index contributed by atoms with van der Waals surface area (Å²) in [5.41, 5.74) is 0.426. The molecule has 4 nitrogen and oxygen atoms in total. The molecule has 160 valence electrons. The number of rotatable bonds is 11.